The van der Waals surface area contributed by atoms with Crippen LogP contribution in [0.5, 0.6) is 0 Å². The molecule has 0 amide bonds. The van der Waals surface area contributed by atoms with Crippen molar-refractivity contribution in [1.82, 2.24) is 4.72 Å². The third kappa shape index (κ3) is 3.05. The minimum atomic E-state index is -3.56. The van der Waals surface area contributed by atoms with Crippen LogP contribution in [0.25, 0.3) is 0 Å². The minimum absolute atomic E-state index is 0.0449. The van der Waals surface area contributed by atoms with Gasteiger partial charge in [0.25, 0.3) is 0 Å². The van der Waals surface area contributed by atoms with Crippen molar-refractivity contribution >= 4 is 19.9 Å². The van der Waals surface area contributed by atoms with Gasteiger partial charge in [0.15, 0.2) is 9.84 Å². The first-order valence-corrected chi connectivity index (χ1v) is 9.01. The van der Waals surface area contributed by atoms with E-state index in [4.69, 9.17) is 0 Å². The second kappa shape index (κ2) is 5.07. The van der Waals surface area contributed by atoms with E-state index in [1.807, 2.05) is 0 Å². The van der Waals surface area contributed by atoms with Crippen LogP contribution in [0.15, 0.2) is 35.1 Å². The Morgan fingerprint density at radius 2 is 2.11 bits per heavy atom. The molecule has 0 atom stereocenters. The summed E-state index contributed by atoms with van der Waals surface area (Å²) in [4.78, 5) is 0.285. The van der Waals surface area contributed by atoms with Gasteiger partial charge in [-0.3, -0.25) is 0 Å². The van der Waals surface area contributed by atoms with Crippen LogP contribution >= 0.6 is 0 Å². The minimum Gasteiger partial charge on any atom is -0.224 e. The molecule has 0 bridgehead atoms. The fourth-order valence-corrected chi connectivity index (χ4v) is 4.48. The number of aryl methyl sites for hydroxylation is 1. The Labute approximate surface area is 113 Å². The number of rotatable bonds is 4. The highest BCUT2D eigenvalue weighted by molar-refractivity contribution is 7.92. The zero-order valence-electron chi connectivity index (χ0n) is 10.3. The molecule has 1 aliphatic heterocycles. The van der Waals surface area contributed by atoms with E-state index in [2.05, 4.69) is 11.3 Å². The maximum atomic E-state index is 12.1. The maximum absolute atomic E-state index is 12.1. The molecule has 1 N–H and O–H groups in total. The normalized spacial score (nSPS) is 17.7. The Balaban J connectivity index is 2.41. The average Bonchev–Trinajstić information content (AvgIpc) is 2.36. The second-order valence-electron chi connectivity index (χ2n) is 4.36. The first-order chi connectivity index (χ1) is 8.86. The molecule has 0 fully saturated rings. The van der Waals surface area contributed by atoms with E-state index in [-0.39, 0.29) is 17.2 Å². The lowest BCUT2D eigenvalue weighted by Gasteiger charge is -2.19. The summed E-state index contributed by atoms with van der Waals surface area (Å²) in [5, 5.41) is 0.802. The Morgan fingerprint density at radius 3 is 2.79 bits per heavy atom. The number of fused-ring (bicyclic) bond motifs is 1. The van der Waals surface area contributed by atoms with Crippen molar-refractivity contribution in [3.8, 4) is 0 Å². The first kappa shape index (κ1) is 14.2. The number of hydrogen-bond donors (Lipinski definition) is 1. The summed E-state index contributed by atoms with van der Waals surface area (Å²) in [6.45, 7) is 3.15. The monoisotopic (exact) mass is 301 g/mol. The fraction of sp³-hybridized carbons (Fsp3) is 0.333. The Morgan fingerprint density at radius 1 is 1.37 bits per heavy atom. The van der Waals surface area contributed by atoms with Gasteiger partial charge in [0, 0.05) is 12.0 Å². The Hall–Kier alpha value is -1.18. The highest BCUT2D eigenvalue weighted by Gasteiger charge is 2.26. The van der Waals surface area contributed by atoms with Crippen LogP contribution in [0.4, 0.5) is 0 Å². The Bertz CT molecular complexity index is 705. The molecule has 0 aliphatic carbocycles. The number of nitrogens with one attached hydrogen (secondary N) is 1. The average molecular weight is 301 g/mol. The van der Waals surface area contributed by atoms with E-state index >= 15 is 0 Å². The summed E-state index contributed by atoms with van der Waals surface area (Å²) in [7, 11) is -6.87. The van der Waals surface area contributed by atoms with E-state index in [1.165, 1.54) is 0 Å². The zero-order chi connectivity index (χ0) is 14.1. The molecule has 1 aromatic carbocycles. The molecule has 1 aliphatic rings. The van der Waals surface area contributed by atoms with Crippen molar-refractivity contribution in [1.29, 1.82) is 0 Å². The third-order valence-electron chi connectivity index (χ3n) is 3.03. The number of benzene rings is 1. The predicted molar refractivity (Wildman–Crippen MR) is 72.8 cm³/mol. The van der Waals surface area contributed by atoms with E-state index in [1.54, 1.807) is 18.2 Å². The van der Waals surface area contributed by atoms with Crippen LogP contribution in [-0.2, 0) is 32.8 Å². The predicted octanol–water partition coefficient (Wildman–Crippen LogP) is 0.969. The largest absolute Gasteiger partial charge is 0.233 e. The molecule has 19 heavy (non-hydrogen) atoms. The van der Waals surface area contributed by atoms with Gasteiger partial charge in [-0.05, 0) is 24.0 Å². The molecule has 5 nitrogen and oxygen atoms in total. The van der Waals surface area contributed by atoms with E-state index in [0.29, 0.717) is 18.4 Å². The molecule has 1 heterocycles. The van der Waals surface area contributed by atoms with E-state index in [9.17, 15) is 16.8 Å². The van der Waals surface area contributed by atoms with E-state index in [0.717, 1.165) is 11.0 Å². The molecule has 0 radical (unpaired) electrons. The third-order valence-corrected chi connectivity index (χ3v) is 5.99. The van der Waals surface area contributed by atoms with Crippen molar-refractivity contribution < 1.29 is 16.8 Å². The van der Waals surface area contributed by atoms with Crippen molar-refractivity contribution in [2.75, 3.05) is 5.75 Å². The molecule has 0 saturated heterocycles. The summed E-state index contributed by atoms with van der Waals surface area (Å²) in [5.74, 6) is 0.116. The highest BCUT2D eigenvalue weighted by Crippen LogP contribution is 2.28. The molecular formula is C12H15NO4S2. The lowest BCUT2D eigenvalue weighted by Crippen LogP contribution is -2.24. The lowest BCUT2D eigenvalue weighted by molar-refractivity contribution is 0.579. The lowest BCUT2D eigenvalue weighted by atomic mass is 10.1. The van der Waals surface area contributed by atoms with Gasteiger partial charge in [0.1, 0.15) is 0 Å². The number of sulfone groups is 1. The molecule has 0 aromatic heterocycles. The Kier molecular flexibility index (Phi) is 3.80. The number of hydrogen-bond acceptors (Lipinski definition) is 4. The number of sulfonamides is 1. The van der Waals surface area contributed by atoms with Gasteiger partial charge in [0.05, 0.1) is 10.6 Å². The summed E-state index contributed by atoms with van der Waals surface area (Å²) >= 11 is 0. The van der Waals surface area contributed by atoms with Crippen LogP contribution in [0.3, 0.4) is 0 Å². The second-order valence-corrected chi connectivity index (χ2v) is 8.12. The van der Waals surface area contributed by atoms with Gasteiger partial charge in [-0.15, -0.1) is 0 Å². The molecular weight excluding hydrogens is 286 g/mol. The summed E-state index contributed by atoms with van der Waals surface area (Å²) < 4.78 is 49.1. The quantitative estimate of drug-likeness (QED) is 0.898. The molecule has 0 saturated carbocycles. The molecule has 2 rings (SSSR count). The van der Waals surface area contributed by atoms with Gasteiger partial charge in [0.2, 0.25) is 10.0 Å². The topological polar surface area (TPSA) is 80.3 Å². The van der Waals surface area contributed by atoms with Crippen molar-refractivity contribution in [2.45, 2.75) is 24.3 Å². The summed E-state index contributed by atoms with van der Waals surface area (Å²) in [5.41, 5.74) is 1.25. The smallest absolute Gasteiger partial charge is 0.224 e. The van der Waals surface area contributed by atoms with Crippen molar-refractivity contribution in [3.05, 3.63) is 41.3 Å². The SMILES string of the molecule is C=CS(=O)(=O)NCc1cccc2c1S(=O)(=O)CCC2. The maximum Gasteiger partial charge on any atom is 0.233 e. The van der Waals surface area contributed by atoms with Gasteiger partial charge in [-0.25, -0.2) is 21.6 Å². The zero-order valence-corrected chi connectivity index (χ0v) is 11.9. The molecule has 1 aromatic rings. The summed E-state index contributed by atoms with van der Waals surface area (Å²) in [6, 6.07) is 5.15. The molecule has 7 heteroatoms. The van der Waals surface area contributed by atoms with Crippen LogP contribution in [0.1, 0.15) is 17.5 Å². The molecule has 104 valence electrons. The molecule has 0 spiro atoms. The van der Waals surface area contributed by atoms with Gasteiger partial charge in [-0.1, -0.05) is 24.8 Å². The van der Waals surface area contributed by atoms with Gasteiger partial charge in [-0.2, -0.15) is 0 Å². The molecule has 0 unspecified atom stereocenters. The summed E-state index contributed by atoms with van der Waals surface area (Å²) in [6.07, 6.45) is 1.31. The van der Waals surface area contributed by atoms with Gasteiger partial charge >= 0.3 is 0 Å². The van der Waals surface area contributed by atoms with Crippen molar-refractivity contribution in [2.24, 2.45) is 0 Å². The standard InChI is InChI=1S/C12H15NO4S2/c1-2-19(16,17)13-9-11-6-3-5-10-7-4-8-18(14,15)12(10)11/h2-3,5-6,13H,1,4,7-9H2. The fourth-order valence-electron chi connectivity index (χ4n) is 2.17. The van der Waals surface area contributed by atoms with Crippen molar-refractivity contribution in [3.63, 3.8) is 0 Å². The van der Waals surface area contributed by atoms with Crippen LogP contribution < -0.4 is 4.72 Å². The van der Waals surface area contributed by atoms with E-state index < -0.39 is 19.9 Å². The first-order valence-electron chi connectivity index (χ1n) is 5.81. The van der Waals surface area contributed by atoms with Crippen LogP contribution in [-0.4, -0.2) is 22.6 Å². The van der Waals surface area contributed by atoms with Gasteiger partial charge < -0.3 is 0 Å². The highest BCUT2D eigenvalue weighted by atomic mass is 32.2. The van der Waals surface area contributed by atoms with Crippen LogP contribution in [0, 0.1) is 0 Å². The van der Waals surface area contributed by atoms with Crippen LogP contribution in [0.2, 0.25) is 0 Å².